The fraction of sp³-hybridized carbons (Fsp3) is 0.417. The normalized spacial score (nSPS) is 11.0. The topological polar surface area (TPSA) is 85.5 Å². The van der Waals surface area contributed by atoms with E-state index >= 15 is 0 Å². The van der Waals surface area contributed by atoms with Gasteiger partial charge in [0.15, 0.2) is 10.1 Å². The van der Waals surface area contributed by atoms with Crippen molar-refractivity contribution < 1.29 is 14.5 Å². The Morgan fingerprint density at radius 1 is 1.50 bits per heavy atom. The SMILES string of the molecule is COc1ccc2c(c1)n(O)c(NCCN(C)C)n[n+]2=O. The molecule has 1 heterocycles. The van der Waals surface area contributed by atoms with Crippen LogP contribution in [0.2, 0.25) is 0 Å². The van der Waals surface area contributed by atoms with Gasteiger partial charge in [0.05, 0.1) is 17.1 Å². The molecule has 20 heavy (non-hydrogen) atoms. The highest BCUT2D eigenvalue weighted by Crippen LogP contribution is 2.18. The number of fused-ring (bicyclic) bond motifs is 1. The third kappa shape index (κ3) is 2.80. The fourth-order valence-electron chi connectivity index (χ4n) is 1.76. The molecule has 0 aliphatic rings. The summed E-state index contributed by atoms with van der Waals surface area (Å²) in [6, 6.07) is 4.75. The van der Waals surface area contributed by atoms with Crippen molar-refractivity contribution in [3.05, 3.63) is 23.1 Å². The Hall–Kier alpha value is -2.35. The van der Waals surface area contributed by atoms with E-state index in [1.54, 1.807) is 18.2 Å². The molecule has 2 aromatic rings. The van der Waals surface area contributed by atoms with Gasteiger partial charge in [-0.2, -0.15) is 0 Å². The lowest BCUT2D eigenvalue weighted by Crippen LogP contribution is -2.29. The Bertz CT molecular complexity index is 668. The van der Waals surface area contributed by atoms with Crippen LogP contribution in [0.15, 0.2) is 18.2 Å². The number of nitrogens with zero attached hydrogens (tertiary/aromatic N) is 4. The Morgan fingerprint density at radius 2 is 2.25 bits per heavy atom. The molecule has 0 spiro atoms. The van der Waals surface area contributed by atoms with Gasteiger partial charge < -0.3 is 20.2 Å². The Morgan fingerprint density at radius 3 is 2.90 bits per heavy atom. The van der Waals surface area contributed by atoms with E-state index in [2.05, 4.69) is 10.4 Å². The molecule has 0 radical (unpaired) electrons. The standard InChI is InChI=1S/C12H18N5O3/c1-15(2)7-6-13-12-14-17(19)10-5-4-9(20-3)8-11(10)16(12)18/h4-5,8,18H,6-7H2,1-3H3,(H,13,14,19)/q+1. The van der Waals surface area contributed by atoms with E-state index in [0.717, 1.165) is 11.3 Å². The number of hydrogen-bond acceptors (Lipinski definition) is 6. The lowest BCUT2D eigenvalue weighted by molar-refractivity contribution is -0.535. The molecular formula is C12H18N5O3+. The van der Waals surface area contributed by atoms with Gasteiger partial charge in [-0.25, -0.2) is 0 Å². The summed E-state index contributed by atoms with van der Waals surface area (Å²) in [6.45, 7) is 1.30. The van der Waals surface area contributed by atoms with Crippen molar-refractivity contribution in [1.29, 1.82) is 0 Å². The number of aromatic nitrogens is 3. The molecule has 0 aliphatic carbocycles. The van der Waals surface area contributed by atoms with Gasteiger partial charge in [-0.15, -0.1) is 4.73 Å². The minimum absolute atomic E-state index is 0.0857. The second-order valence-corrected chi connectivity index (χ2v) is 4.59. The fourth-order valence-corrected chi connectivity index (χ4v) is 1.76. The first-order valence-corrected chi connectivity index (χ1v) is 6.14. The zero-order valence-electron chi connectivity index (χ0n) is 11.7. The van der Waals surface area contributed by atoms with Gasteiger partial charge in [-0.05, 0) is 20.2 Å². The summed E-state index contributed by atoms with van der Waals surface area (Å²) in [5, 5.41) is 16.8. The van der Waals surface area contributed by atoms with Gasteiger partial charge in [-0.3, -0.25) is 0 Å². The van der Waals surface area contributed by atoms with Crippen LogP contribution in [0.5, 0.6) is 5.75 Å². The van der Waals surface area contributed by atoms with Crippen LogP contribution in [-0.2, 0) is 0 Å². The van der Waals surface area contributed by atoms with E-state index in [1.165, 1.54) is 7.11 Å². The summed E-state index contributed by atoms with van der Waals surface area (Å²) in [7, 11) is 5.38. The Labute approximate surface area is 115 Å². The van der Waals surface area contributed by atoms with E-state index in [4.69, 9.17) is 4.74 Å². The van der Waals surface area contributed by atoms with E-state index in [0.29, 0.717) is 22.4 Å². The van der Waals surface area contributed by atoms with Crippen LogP contribution in [-0.4, -0.2) is 54.2 Å². The van der Waals surface area contributed by atoms with Gasteiger partial charge in [0, 0.05) is 25.2 Å². The molecule has 0 saturated heterocycles. The molecule has 0 atom stereocenters. The molecule has 0 fully saturated rings. The molecule has 0 aliphatic heterocycles. The van der Waals surface area contributed by atoms with Gasteiger partial charge in [0.2, 0.25) is 0 Å². The van der Waals surface area contributed by atoms with Crippen molar-refractivity contribution in [2.45, 2.75) is 0 Å². The summed E-state index contributed by atoms with van der Waals surface area (Å²) in [5.41, 5.74) is 0.577. The number of rotatable bonds is 5. The molecule has 108 valence electrons. The Balaban J connectivity index is 2.41. The lowest BCUT2D eigenvalue weighted by Gasteiger charge is -2.11. The third-order valence-electron chi connectivity index (χ3n) is 2.85. The van der Waals surface area contributed by atoms with Crippen molar-refractivity contribution in [1.82, 2.24) is 14.7 Å². The smallest absolute Gasteiger partial charge is 0.322 e. The molecule has 8 heteroatoms. The monoisotopic (exact) mass is 280 g/mol. The largest absolute Gasteiger partial charge is 0.497 e. The third-order valence-corrected chi connectivity index (χ3v) is 2.85. The van der Waals surface area contributed by atoms with Gasteiger partial charge in [0.1, 0.15) is 5.75 Å². The summed E-state index contributed by atoms with van der Waals surface area (Å²) < 4.78 is 6.41. The first-order valence-electron chi connectivity index (χ1n) is 6.14. The molecular weight excluding hydrogens is 262 g/mol. The number of likely N-dealkylation sites (N-methyl/N-ethyl adjacent to an activating group) is 1. The predicted octanol–water partition coefficient (Wildman–Crippen LogP) is 0.170. The second-order valence-electron chi connectivity index (χ2n) is 4.59. The van der Waals surface area contributed by atoms with E-state index in [-0.39, 0.29) is 11.5 Å². The molecule has 0 unspecified atom stereocenters. The molecule has 2 N–H and O–H groups in total. The summed E-state index contributed by atoms with van der Waals surface area (Å²) in [4.78, 5) is 13.8. The average molecular weight is 280 g/mol. The lowest BCUT2D eigenvalue weighted by atomic mass is 10.3. The van der Waals surface area contributed by atoms with Crippen molar-refractivity contribution in [3.8, 4) is 5.75 Å². The highest BCUT2D eigenvalue weighted by atomic mass is 16.5. The van der Waals surface area contributed by atoms with Crippen molar-refractivity contribution in [2.75, 3.05) is 39.6 Å². The Kier molecular flexibility index (Phi) is 4.04. The number of methoxy groups -OCH3 is 1. The van der Waals surface area contributed by atoms with Crippen LogP contribution in [0.1, 0.15) is 0 Å². The molecule has 1 aromatic heterocycles. The van der Waals surface area contributed by atoms with Crippen LogP contribution in [0.25, 0.3) is 11.0 Å². The summed E-state index contributed by atoms with van der Waals surface area (Å²) in [5.74, 6) is 0.633. The van der Waals surface area contributed by atoms with E-state index in [9.17, 15) is 10.1 Å². The van der Waals surface area contributed by atoms with Gasteiger partial charge in [-0.1, -0.05) is 0 Å². The maximum atomic E-state index is 11.8. The van der Waals surface area contributed by atoms with Crippen LogP contribution in [0.4, 0.5) is 5.95 Å². The number of ether oxygens (including phenoxy) is 1. The number of nitrogens with one attached hydrogen (secondary N) is 1. The van der Waals surface area contributed by atoms with Crippen LogP contribution in [0.3, 0.4) is 0 Å². The zero-order valence-corrected chi connectivity index (χ0v) is 11.7. The molecule has 8 nitrogen and oxygen atoms in total. The minimum atomic E-state index is 0.0857. The minimum Gasteiger partial charge on any atom is -0.497 e. The van der Waals surface area contributed by atoms with E-state index in [1.807, 2.05) is 19.0 Å². The summed E-state index contributed by atoms with van der Waals surface area (Å²) >= 11 is 0. The number of hydrogen-bond donors (Lipinski definition) is 2. The maximum absolute atomic E-state index is 11.8. The second kappa shape index (κ2) is 5.74. The highest BCUT2D eigenvalue weighted by Gasteiger charge is 2.18. The molecule has 2 rings (SSSR count). The van der Waals surface area contributed by atoms with Gasteiger partial charge >= 0.3 is 11.5 Å². The molecule has 0 bridgehead atoms. The van der Waals surface area contributed by atoms with Crippen molar-refractivity contribution in [3.63, 3.8) is 0 Å². The first kappa shape index (κ1) is 14.1. The first-order chi connectivity index (χ1) is 9.52. The molecule has 0 amide bonds. The van der Waals surface area contributed by atoms with Crippen LogP contribution >= 0.6 is 0 Å². The predicted molar refractivity (Wildman–Crippen MR) is 73.9 cm³/mol. The highest BCUT2D eigenvalue weighted by molar-refractivity contribution is 5.74. The molecule has 1 aromatic carbocycles. The average Bonchev–Trinajstić information content (AvgIpc) is 2.43. The van der Waals surface area contributed by atoms with E-state index < -0.39 is 0 Å². The van der Waals surface area contributed by atoms with Crippen LogP contribution < -0.4 is 14.6 Å². The zero-order chi connectivity index (χ0) is 14.7. The number of anilines is 1. The van der Waals surface area contributed by atoms with Crippen molar-refractivity contribution >= 4 is 17.0 Å². The van der Waals surface area contributed by atoms with Gasteiger partial charge in [0.25, 0.3) is 0 Å². The quantitative estimate of drug-likeness (QED) is 0.600. The summed E-state index contributed by atoms with van der Waals surface area (Å²) in [6.07, 6.45) is 0. The molecule has 0 saturated carbocycles. The number of benzene rings is 1. The van der Waals surface area contributed by atoms with Crippen molar-refractivity contribution in [2.24, 2.45) is 0 Å². The van der Waals surface area contributed by atoms with Crippen LogP contribution in [0, 0.1) is 4.91 Å². The maximum Gasteiger partial charge on any atom is 0.322 e.